The third kappa shape index (κ3) is 5.64. The number of Topliss-reactive ketones (excluding diaryl/α,β-unsaturated/α-hetero) is 1. The Morgan fingerprint density at radius 2 is 2.05 bits per heavy atom. The summed E-state index contributed by atoms with van der Waals surface area (Å²) in [6.45, 7) is 0. The van der Waals surface area contributed by atoms with Crippen molar-refractivity contribution in [2.45, 2.75) is 29.5 Å². The van der Waals surface area contributed by atoms with Crippen LogP contribution >= 0.6 is 46.3 Å². The van der Waals surface area contributed by atoms with Gasteiger partial charge in [0, 0.05) is 35.5 Å². The van der Waals surface area contributed by atoms with Gasteiger partial charge in [-0.3, -0.25) is 24.6 Å². The number of carbonyl (C=O) groups is 2. The molecule has 0 saturated carbocycles. The highest BCUT2D eigenvalue weighted by Crippen LogP contribution is 2.49. The molecule has 5 rings (SSSR count). The number of nitro benzene ring substituents is 1. The number of non-ortho nitro benzene ring substituents is 1. The number of benzene rings is 2. The van der Waals surface area contributed by atoms with E-state index in [1.807, 2.05) is 0 Å². The minimum Gasteiger partial charge on any atom is -0.384 e. The number of rotatable bonds is 7. The Hall–Kier alpha value is -3.96. The van der Waals surface area contributed by atoms with Gasteiger partial charge in [-0.1, -0.05) is 64.5 Å². The maximum atomic E-state index is 13.3. The predicted molar refractivity (Wildman–Crippen MR) is 157 cm³/mol. The summed E-state index contributed by atoms with van der Waals surface area (Å²) >= 11 is 15.1. The molecule has 0 spiro atoms. The average molecular weight is 629 g/mol. The van der Waals surface area contributed by atoms with Crippen molar-refractivity contribution in [3.63, 3.8) is 0 Å². The van der Waals surface area contributed by atoms with Crippen molar-refractivity contribution in [1.29, 1.82) is 5.26 Å². The summed E-state index contributed by atoms with van der Waals surface area (Å²) in [4.78, 5) is 37.8. The molecule has 0 radical (unpaired) electrons. The van der Waals surface area contributed by atoms with Gasteiger partial charge in [0.05, 0.1) is 38.3 Å². The van der Waals surface area contributed by atoms with E-state index in [-0.39, 0.29) is 39.5 Å². The SMILES string of the molecule is N#CC1=C(N)N(c2nnc(SCC(=O)Nc3cccc([N+](=O)[O-])c3)s2)C2=C(C(=O)CCC2)C1c1cccc(Cl)c1Cl. The molecule has 0 fully saturated rings. The number of allylic oxidation sites excluding steroid dienone is 3. The number of ketones is 1. The molecule has 2 heterocycles. The second-order valence-corrected chi connectivity index (χ2v) is 11.9. The van der Waals surface area contributed by atoms with Crippen LogP contribution in [0.3, 0.4) is 0 Å². The van der Waals surface area contributed by atoms with Crippen molar-refractivity contribution in [3.05, 3.63) is 90.9 Å². The Kier molecular flexibility index (Phi) is 8.27. The maximum absolute atomic E-state index is 13.3. The van der Waals surface area contributed by atoms with Gasteiger partial charge in [-0.05, 0) is 30.5 Å². The van der Waals surface area contributed by atoms with Crippen LogP contribution in [0.1, 0.15) is 30.7 Å². The summed E-state index contributed by atoms with van der Waals surface area (Å²) in [5, 5.41) is 33.1. The number of nitro groups is 1. The lowest BCUT2D eigenvalue weighted by atomic mass is 9.76. The Bertz CT molecular complexity index is 1700. The van der Waals surface area contributed by atoms with Gasteiger partial charge >= 0.3 is 0 Å². The summed E-state index contributed by atoms with van der Waals surface area (Å²) < 4.78 is 0.449. The molecule has 3 aromatic rings. The summed E-state index contributed by atoms with van der Waals surface area (Å²) in [7, 11) is 0. The number of nitriles is 1. The molecule has 2 aliphatic rings. The number of anilines is 2. The van der Waals surface area contributed by atoms with E-state index in [1.165, 1.54) is 18.2 Å². The summed E-state index contributed by atoms with van der Waals surface area (Å²) in [6, 6.07) is 12.9. The number of halogens is 2. The normalized spacial score (nSPS) is 16.9. The van der Waals surface area contributed by atoms with Crippen molar-refractivity contribution in [3.8, 4) is 6.07 Å². The van der Waals surface area contributed by atoms with Crippen LogP contribution in [-0.2, 0) is 9.59 Å². The Balaban J connectivity index is 1.41. The van der Waals surface area contributed by atoms with Crippen LogP contribution in [0.4, 0.5) is 16.5 Å². The molecule has 1 atom stereocenters. The van der Waals surface area contributed by atoms with Crippen LogP contribution in [0.25, 0.3) is 0 Å². The molecule has 0 saturated heterocycles. The molecule has 15 heteroatoms. The molecular weight excluding hydrogens is 609 g/mol. The zero-order valence-electron chi connectivity index (χ0n) is 21.0. The molecule has 1 unspecified atom stereocenters. The Morgan fingerprint density at radius 1 is 1.27 bits per heavy atom. The van der Waals surface area contributed by atoms with Gasteiger partial charge in [0.2, 0.25) is 11.0 Å². The van der Waals surface area contributed by atoms with E-state index in [2.05, 4.69) is 21.6 Å². The van der Waals surface area contributed by atoms with E-state index >= 15 is 0 Å². The van der Waals surface area contributed by atoms with Crippen LogP contribution in [-0.4, -0.2) is 32.6 Å². The molecular formula is C26H19Cl2N7O4S2. The average Bonchev–Trinajstić information content (AvgIpc) is 3.41. The standard InChI is InChI=1S/C26H19Cl2N7O4S2/c27-17-7-2-6-15(23(17)28)21-16(11-29)24(30)34(18-8-3-9-19(36)22(18)21)25-32-33-26(41-25)40-12-20(37)31-13-4-1-5-14(10-13)35(38)39/h1-2,4-7,10,21H,3,8-9,12,30H2,(H,31,37). The molecule has 3 N–H and O–H groups in total. The van der Waals surface area contributed by atoms with Gasteiger partial charge < -0.3 is 11.1 Å². The van der Waals surface area contributed by atoms with Crippen molar-refractivity contribution < 1.29 is 14.5 Å². The van der Waals surface area contributed by atoms with Crippen LogP contribution in [0.2, 0.25) is 10.0 Å². The molecule has 11 nitrogen and oxygen atoms in total. The van der Waals surface area contributed by atoms with Crippen molar-refractivity contribution in [2.24, 2.45) is 5.73 Å². The third-order valence-electron chi connectivity index (χ3n) is 6.46. The number of nitrogens with zero attached hydrogens (tertiary/aromatic N) is 5. The van der Waals surface area contributed by atoms with E-state index in [9.17, 15) is 25.0 Å². The zero-order chi connectivity index (χ0) is 29.3. The lowest BCUT2D eigenvalue weighted by Gasteiger charge is -2.38. The third-order valence-corrected chi connectivity index (χ3v) is 9.34. The minimum atomic E-state index is -0.774. The van der Waals surface area contributed by atoms with Crippen LogP contribution in [0.15, 0.2) is 69.5 Å². The van der Waals surface area contributed by atoms with E-state index in [0.29, 0.717) is 56.3 Å². The highest BCUT2D eigenvalue weighted by molar-refractivity contribution is 8.01. The fourth-order valence-electron chi connectivity index (χ4n) is 4.73. The summed E-state index contributed by atoms with van der Waals surface area (Å²) in [5.74, 6) is -1.20. The van der Waals surface area contributed by atoms with Crippen LogP contribution < -0.4 is 16.0 Å². The number of nitrogens with two attached hydrogens (primary N) is 1. The van der Waals surface area contributed by atoms with E-state index in [4.69, 9.17) is 28.9 Å². The monoisotopic (exact) mass is 627 g/mol. The molecule has 1 aromatic heterocycles. The van der Waals surface area contributed by atoms with Crippen molar-refractivity contribution in [2.75, 3.05) is 16.0 Å². The Labute approximate surface area is 251 Å². The minimum absolute atomic E-state index is 0.0339. The predicted octanol–water partition coefficient (Wildman–Crippen LogP) is 5.79. The molecule has 1 aliphatic carbocycles. The fourth-order valence-corrected chi connectivity index (χ4v) is 6.83. The van der Waals surface area contributed by atoms with Gasteiger partial charge in [-0.15, -0.1) is 10.2 Å². The first kappa shape index (κ1) is 28.6. The first-order valence-corrected chi connectivity index (χ1v) is 14.7. The number of aromatic nitrogens is 2. The fraction of sp³-hybridized carbons (Fsp3) is 0.192. The quantitative estimate of drug-likeness (QED) is 0.186. The van der Waals surface area contributed by atoms with Crippen molar-refractivity contribution >= 4 is 74.5 Å². The van der Waals surface area contributed by atoms with E-state index < -0.39 is 10.8 Å². The van der Waals surface area contributed by atoms with Gasteiger partial charge in [-0.2, -0.15) is 5.26 Å². The number of thioether (sulfide) groups is 1. The maximum Gasteiger partial charge on any atom is 0.271 e. The molecule has 208 valence electrons. The van der Waals surface area contributed by atoms with Crippen molar-refractivity contribution in [1.82, 2.24) is 10.2 Å². The lowest BCUT2D eigenvalue weighted by molar-refractivity contribution is -0.384. The first-order valence-electron chi connectivity index (χ1n) is 12.1. The van der Waals surface area contributed by atoms with Gasteiger partial charge in [0.15, 0.2) is 10.1 Å². The number of hydrogen-bond donors (Lipinski definition) is 2. The number of amides is 1. The highest BCUT2D eigenvalue weighted by atomic mass is 35.5. The zero-order valence-corrected chi connectivity index (χ0v) is 24.1. The molecule has 1 aliphatic heterocycles. The second-order valence-electron chi connectivity index (χ2n) is 8.95. The molecule has 2 aromatic carbocycles. The topological polar surface area (TPSA) is 168 Å². The van der Waals surface area contributed by atoms with Crippen LogP contribution in [0.5, 0.6) is 0 Å². The van der Waals surface area contributed by atoms with E-state index in [0.717, 1.165) is 23.1 Å². The number of carbonyl (C=O) groups excluding carboxylic acids is 2. The van der Waals surface area contributed by atoms with Crippen LogP contribution in [0, 0.1) is 21.4 Å². The lowest BCUT2D eigenvalue weighted by Crippen LogP contribution is -2.38. The van der Waals surface area contributed by atoms with Gasteiger partial charge in [0.1, 0.15) is 5.82 Å². The molecule has 41 heavy (non-hydrogen) atoms. The smallest absolute Gasteiger partial charge is 0.271 e. The number of hydrogen-bond acceptors (Lipinski definition) is 11. The Morgan fingerprint density at radius 3 is 2.80 bits per heavy atom. The van der Waals surface area contributed by atoms with Gasteiger partial charge in [-0.25, -0.2) is 0 Å². The second kappa shape index (κ2) is 11.9. The first-order chi connectivity index (χ1) is 19.7. The van der Waals surface area contributed by atoms with Gasteiger partial charge in [0.25, 0.3) is 5.69 Å². The van der Waals surface area contributed by atoms with E-state index in [1.54, 1.807) is 29.2 Å². The summed E-state index contributed by atoms with van der Waals surface area (Å²) in [5.41, 5.74) is 8.43. The molecule has 1 amide bonds. The highest BCUT2D eigenvalue weighted by Gasteiger charge is 2.42. The summed E-state index contributed by atoms with van der Waals surface area (Å²) in [6.07, 6.45) is 1.43. The molecule has 0 bridgehead atoms. The number of nitrogens with one attached hydrogen (secondary N) is 1. The largest absolute Gasteiger partial charge is 0.384 e.